The summed E-state index contributed by atoms with van der Waals surface area (Å²) in [5.41, 5.74) is 0. The SMILES string of the molecule is CCC(C)C(=O)OCCCOCCCOCCCOCCCOCCCOCCCOCCCOCCCOCCCOCCCOCCCOCCCOCCCOCCCOCCCOCCCOCCCOCCCOCCCOCCCOC.CCCCCCCCCCCCOC(=O)C(C)CC. The van der Waals surface area contributed by atoms with Crippen molar-refractivity contribution in [1.82, 2.24) is 0 Å². The number of rotatable bonds is 95. The molecule has 0 aromatic rings. The lowest BCUT2D eigenvalue weighted by atomic mass is 10.1. The van der Waals surface area contributed by atoms with E-state index in [1.165, 1.54) is 57.8 Å². The van der Waals surface area contributed by atoms with Crippen LogP contribution >= 0.6 is 0 Å². The number of carbonyl (C=O) groups excluding carboxylic acids is 2. The highest BCUT2D eigenvalue weighted by Crippen LogP contribution is 2.12. The highest BCUT2D eigenvalue weighted by Gasteiger charge is 2.13. The Morgan fingerprint density at radius 2 is 0.308 bits per heavy atom. The first kappa shape index (κ1) is 107. The van der Waals surface area contributed by atoms with E-state index in [4.69, 9.17) is 104 Å². The van der Waals surface area contributed by atoms with E-state index < -0.39 is 0 Å². The van der Waals surface area contributed by atoms with Crippen LogP contribution in [0.1, 0.15) is 240 Å². The highest BCUT2D eigenvalue weighted by atomic mass is 16.6. The normalized spacial score (nSPS) is 12.1. The Bertz CT molecular complexity index is 1620. The van der Waals surface area contributed by atoms with Crippen LogP contribution in [0.2, 0.25) is 0 Å². The van der Waals surface area contributed by atoms with E-state index in [1.807, 2.05) is 27.7 Å². The van der Waals surface area contributed by atoms with E-state index >= 15 is 0 Å². The molecule has 2 atom stereocenters. The summed E-state index contributed by atoms with van der Waals surface area (Å²) in [7, 11) is 1.71. The van der Waals surface area contributed by atoms with Crippen LogP contribution in [-0.4, -0.2) is 290 Å². The Kier molecular flexibility index (Phi) is 100. The maximum absolute atomic E-state index is 11.6. The molecule has 0 aliphatic rings. The summed E-state index contributed by atoms with van der Waals surface area (Å²) in [5.74, 6) is -0.137. The van der Waals surface area contributed by atoms with Gasteiger partial charge >= 0.3 is 11.9 Å². The summed E-state index contributed by atoms with van der Waals surface area (Å²) in [5, 5.41) is 0. The molecule has 0 bridgehead atoms. The molecular formula is C83H166O24. The molecule has 0 aromatic heterocycles. The van der Waals surface area contributed by atoms with Gasteiger partial charge in [-0.1, -0.05) is 92.4 Å². The summed E-state index contributed by atoms with van der Waals surface area (Å²) in [6.07, 6.45) is 32.4. The van der Waals surface area contributed by atoms with Gasteiger partial charge < -0.3 is 104 Å². The maximum Gasteiger partial charge on any atom is 0.308 e. The van der Waals surface area contributed by atoms with Crippen LogP contribution in [0.25, 0.3) is 0 Å². The number of carbonyl (C=O) groups is 2. The molecule has 2 unspecified atom stereocenters. The minimum absolute atomic E-state index is 0.0292. The van der Waals surface area contributed by atoms with Gasteiger partial charge in [0.15, 0.2) is 0 Å². The molecule has 24 heteroatoms. The van der Waals surface area contributed by atoms with Gasteiger partial charge in [0.25, 0.3) is 0 Å². The lowest BCUT2D eigenvalue weighted by Gasteiger charge is -2.09. The van der Waals surface area contributed by atoms with E-state index in [9.17, 15) is 9.59 Å². The fourth-order valence-corrected chi connectivity index (χ4v) is 9.69. The van der Waals surface area contributed by atoms with Crippen LogP contribution in [0.4, 0.5) is 0 Å². The Morgan fingerprint density at radius 1 is 0.178 bits per heavy atom. The first-order chi connectivity index (χ1) is 52.9. The lowest BCUT2D eigenvalue weighted by Crippen LogP contribution is -2.15. The quantitative estimate of drug-likeness (QED) is 0.0406. The number of hydrogen-bond donors (Lipinski definition) is 0. The number of ether oxygens (including phenoxy) is 22. The molecule has 0 aliphatic heterocycles. The average molecular weight is 1550 g/mol. The molecule has 0 rings (SSSR count). The van der Waals surface area contributed by atoms with E-state index in [0.29, 0.717) is 238 Å². The van der Waals surface area contributed by atoms with E-state index in [1.54, 1.807) is 7.11 Å². The smallest absolute Gasteiger partial charge is 0.308 e. The molecular weight excluding hydrogens is 1380 g/mol. The molecule has 0 saturated carbocycles. The molecule has 642 valence electrons. The molecule has 107 heavy (non-hydrogen) atoms. The van der Waals surface area contributed by atoms with Crippen molar-refractivity contribution in [3.8, 4) is 0 Å². The summed E-state index contributed by atoms with van der Waals surface area (Å²) < 4.78 is 123. The first-order valence-electron chi connectivity index (χ1n) is 42.7. The Balaban J connectivity index is 0. The zero-order chi connectivity index (χ0) is 77.5. The largest absolute Gasteiger partial charge is 0.465 e. The Hall–Kier alpha value is -1.86. The third-order valence-corrected chi connectivity index (χ3v) is 16.5. The van der Waals surface area contributed by atoms with Crippen LogP contribution < -0.4 is 0 Å². The van der Waals surface area contributed by atoms with Crippen molar-refractivity contribution in [2.75, 3.05) is 278 Å². The van der Waals surface area contributed by atoms with Crippen molar-refractivity contribution in [2.24, 2.45) is 11.8 Å². The van der Waals surface area contributed by atoms with Crippen LogP contribution in [0.3, 0.4) is 0 Å². The predicted octanol–water partition coefficient (Wildman–Crippen LogP) is 14.8. The first-order valence-corrected chi connectivity index (χ1v) is 42.7. The van der Waals surface area contributed by atoms with Gasteiger partial charge in [0, 0.05) is 271 Å². The second-order valence-electron chi connectivity index (χ2n) is 26.8. The summed E-state index contributed by atoms with van der Waals surface area (Å²) in [6.45, 7) is 38.3. The summed E-state index contributed by atoms with van der Waals surface area (Å²) in [4.78, 5) is 23.0. The van der Waals surface area contributed by atoms with Gasteiger partial charge in [-0.2, -0.15) is 0 Å². The molecule has 0 heterocycles. The number of unbranched alkanes of at least 4 members (excludes halogenated alkanes) is 9. The third kappa shape index (κ3) is 98.3. The van der Waals surface area contributed by atoms with E-state index in [2.05, 4.69) is 6.92 Å². The molecule has 0 radical (unpaired) electrons. The van der Waals surface area contributed by atoms with Gasteiger partial charge in [0.2, 0.25) is 0 Å². The Labute approximate surface area is 652 Å². The lowest BCUT2D eigenvalue weighted by molar-refractivity contribution is -0.149. The van der Waals surface area contributed by atoms with E-state index in [-0.39, 0.29) is 23.8 Å². The summed E-state index contributed by atoms with van der Waals surface area (Å²) >= 11 is 0. The molecule has 0 saturated heterocycles. The fourth-order valence-electron chi connectivity index (χ4n) is 9.69. The molecule has 0 N–H and O–H groups in total. The molecule has 0 amide bonds. The van der Waals surface area contributed by atoms with Crippen molar-refractivity contribution in [3.05, 3.63) is 0 Å². The number of hydrogen-bond acceptors (Lipinski definition) is 24. The Morgan fingerprint density at radius 3 is 0.458 bits per heavy atom. The van der Waals surface area contributed by atoms with Gasteiger partial charge in [-0.15, -0.1) is 0 Å². The van der Waals surface area contributed by atoms with Crippen molar-refractivity contribution < 1.29 is 114 Å². The van der Waals surface area contributed by atoms with Crippen molar-refractivity contribution in [2.45, 2.75) is 240 Å². The van der Waals surface area contributed by atoms with Gasteiger partial charge in [-0.05, 0) is 141 Å². The van der Waals surface area contributed by atoms with Crippen LogP contribution in [-0.2, 0) is 114 Å². The predicted molar refractivity (Wildman–Crippen MR) is 422 cm³/mol. The minimum atomic E-state index is -0.128. The third-order valence-electron chi connectivity index (χ3n) is 16.5. The number of methoxy groups -OCH3 is 1. The van der Waals surface area contributed by atoms with Crippen LogP contribution in [0, 0.1) is 11.8 Å². The zero-order valence-corrected chi connectivity index (χ0v) is 69.6. The molecule has 24 nitrogen and oxygen atoms in total. The zero-order valence-electron chi connectivity index (χ0n) is 69.6. The van der Waals surface area contributed by atoms with Crippen molar-refractivity contribution in [1.29, 1.82) is 0 Å². The second-order valence-corrected chi connectivity index (χ2v) is 26.8. The number of esters is 2. The molecule has 0 fully saturated rings. The van der Waals surface area contributed by atoms with Crippen LogP contribution in [0.5, 0.6) is 0 Å². The maximum atomic E-state index is 11.6. The van der Waals surface area contributed by atoms with Gasteiger partial charge in [0.1, 0.15) is 0 Å². The molecule has 0 aliphatic carbocycles. The standard InChI is InChI=1S/C66H132O22.C17H34O2/c1-4-65(2)66(67)88-64-24-63-87-62-23-61-86-60-22-59-85-58-21-57-84-56-20-55-83-54-19-53-82-52-18-51-81-50-17-49-80-48-16-47-79-46-15-45-78-44-14-43-77-42-13-41-76-40-12-39-75-38-11-37-74-36-10-35-73-34-9-33-72-32-8-31-71-30-7-29-70-28-6-27-69-26-5-25-68-3;1-4-6-7-8-9-10-11-12-13-14-15-19-17(18)16(3)5-2/h65H,4-64H2,1-3H3;16H,4-15H2,1-3H3. The van der Waals surface area contributed by atoms with Gasteiger partial charge in [-0.3, -0.25) is 9.59 Å². The second kappa shape index (κ2) is 100. The van der Waals surface area contributed by atoms with Crippen LogP contribution in [0.15, 0.2) is 0 Å². The molecule has 0 spiro atoms. The monoisotopic (exact) mass is 1550 g/mol. The minimum Gasteiger partial charge on any atom is -0.465 e. The average Bonchev–Trinajstić information content (AvgIpc) is 1.21. The van der Waals surface area contributed by atoms with E-state index in [0.717, 1.165) is 181 Å². The van der Waals surface area contributed by atoms with Crippen molar-refractivity contribution >= 4 is 11.9 Å². The van der Waals surface area contributed by atoms with Gasteiger partial charge in [-0.25, -0.2) is 0 Å². The summed E-state index contributed by atoms with van der Waals surface area (Å²) in [6, 6.07) is 0. The molecule has 0 aromatic carbocycles. The highest BCUT2D eigenvalue weighted by molar-refractivity contribution is 5.72. The van der Waals surface area contributed by atoms with Crippen molar-refractivity contribution in [3.63, 3.8) is 0 Å². The topological polar surface area (TPSA) is 237 Å². The fraction of sp³-hybridized carbons (Fsp3) is 0.976. The van der Waals surface area contributed by atoms with Gasteiger partial charge in [0.05, 0.1) is 25.0 Å².